The van der Waals surface area contributed by atoms with E-state index in [-0.39, 0.29) is 16.4 Å². The first-order chi connectivity index (χ1) is 20.2. The fourth-order valence-corrected chi connectivity index (χ4v) is 5.89. The summed E-state index contributed by atoms with van der Waals surface area (Å²) < 4.78 is 44.9. The number of rotatable bonds is 9. The van der Waals surface area contributed by atoms with E-state index in [1.165, 1.54) is 35.7 Å². The van der Waals surface area contributed by atoms with E-state index in [4.69, 9.17) is 14.0 Å². The number of nitrogens with zero attached hydrogens (tertiary/aromatic N) is 4. The Morgan fingerprint density at radius 1 is 0.976 bits per heavy atom. The van der Waals surface area contributed by atoms with Crippen LogP contribution in [0.1, 0.15) is 17.6 Å². The molecule has 0 spiro atoms. The van der Waals surface area contributed by atoms with Crippen molar-refractivity contribution in [1.29, 1.82) is 0 Å². The number of benzene rings is 3. The summed E-state index contributed by atoms with van der Waals surface area (Å²) in [6, 6.07) is 21.7. The number of sulfonamides is 1. The molecule has 0 bridgehead atoms. The second-order valence-electron chi connectivity index (χ2n) is 8.77. The predicted molar refractivity (Wildman–Crippen MR) is 155 cm³/mol. The number of aromatic nitrogens is 2. The highest BCUT2D eigenvalue weighted by molar-refractivity contribution is 7.92. The van der Waals surface area contributed by atoms with Gasteiger partial charge >= 0.3 is 0 Å². The highest BCUT2D eigenvalue weighted by atomic mass is 32.2. The van der Waals surface area contributed by atoms with E-state index in [2.05, 4.69) is 22.0 Å². The van der Waals surface area contributed by atoms with Crippen LogP contribution in [-0.4, -0.2) is 29.5 Å². The number of hydrogen-bond donors (Lipinski definition) is 0. The summed E-state index contributed by atoms with van der Waals surface area (Å²) in [4.78, 5) is 15.1. The molecule has 1 unspecified atom stereocenters. The third kappa shape index (κ3) is 6.57. The zero-order chi connectivity index (χ0) is 29.7. The molecule has 2 aromatic heterocycles. The minimum absolute atomic E-state index is 0.0284. The lowest BCUT2D eigenvalue weighted by Crippen LogP contribution is -2.38. The summed E-state index contributed by atoms with van der Waals surface area (Å²) in [6.07, 6.45) is 1.53. The number of non-ortho nitro benzene ring substituents is 1. The van der Waals surface area contributed by atoms with Crippen LogP contribution >= 0.6 is 11.3 Å². The van der Waals surface area contributed by atoms with Crippen LogP contribution in [0.4, 0.5) is 11.5 Å². The molecule has 0 amide bonds. The van der Waals surface area contributed by atoms with Gasteiger partial charge in [-0.2, -0.15) is 0 Å². The Balaban J connectivity index is 1.32. The first kappa shape index (κ1) is 28.3. The molecule has 0 fully saturated rings. The molecule has 2 heterocycles. The van der Waals surface area contributed by atoms with Crippen molar-refractivity contribution in [3.05, 3.63) is 112 Å². The summed E-state index contributed by atoms with van der Waals surface area (Å²) >= 11 is 1.19. The Kier molecular flexibility index (Phi) is 8.19. The lowest BCUT2D eigenvalue weighted by molar-refractivity contribution is -0.384. The van der Waals surface area contributed by atoms with E-state index in [0.717, 1.165) is 22.2 Å². The zero-order valence-corrected chi connectivity index (χ0v) is 23.8. The third-order valence-electron chi connectivity index (χ3n) is 5.69. The summed E-state index contributed by atoms with van der Waals surface area (Å²) in [6.45, 7) is 3.23. The molecule has 0 aliphatic carbocycles. The normalized spacial score (nSPS) is 11.7. The van der Waals surface area contributed by atoms with Gasteiger partial charge in [0.1, 0.15) is 33.9 Å². The zero-order valence-electron chi connectivity index (χ0n) is 22.2. The van der Waals surface area contributed by atoms with Gasteiger partial charge in [-0.15, -0.1) is 0 Å². The molecule has 0 N–H and O–H groups in total. The number of aryl methyl sites for hydroxylation is 1. The molecule has 0 aliphatic rings. The molecule has 0 saturated carbocycles. The number of nitro groups is 1. The fraction of sp³-hybridized carbons (Fsp3) is 0.103. The Labute approximate surface area is 245 Å². The Bertz CT molecular complexity index is 1860. The van der Waals surface area contributed by atoms with Gasteiger partial charge < -0.3 is 14.0 Å². The first-order valence-corrected chi connectivity index (χ1v) is 14.6. The monoisotopic (exact) mass is 602 g/mol. The first-order valence-electron chi connectivity index (χ1n) is 12.4. The standard InChI is InChI=1S/C29H22N4O7S2/c1-20(32(28-18-21(2)40-31-28)42(36,37)27-16-9-22(10-17-27)33(34)35)8-15-26-19-30-29(41-26)39-25-13-11-24(12-14-25)38-23-6-4-3-5-7-23/h3-7,9-14,16-20H,1-2H3. The van der Waals surface area contributed by atoms with Crippen molar-refractivity contribution in [2.45, 2.75) is 24.8 Å². The number of para-hydroxylation sites is 1. The van der Waals surface area contributed by atoms with E-state index < -0.39 is 21.0 Å². The number of thiazole rings is 1. The van der Waals surface area contributed by atoms with E-state index >= 15 is 0 Å². The minimum Gasteiger partial charge on any atom is -0.457 e. The molecule has 11 nitrogen and oxygen atoms in total. The van der Waals surface area contributed by atoms with Crippen LogP contribution in [0, 0.1) is 28.9 Å². The lowest BCUT2D eigenvalue weighted by atomic mass is 10.3. The van der Waals surface area contributed by atoms with Gasteiger partial charge in [0.25, 0.3) is 20.9 Å². The molecule has 13 heteroatoms. The smallest absolute Gasteiger partial charge is 0.279 e. The average Bonchev–Trinajstić information content (AvgIpc) is 3.62. The fourth-order valence-electron chi connectivity index (χ4n) is 3.74. The molecule has 0 radical (unpaired) electrons. The molecule has 5 rings (SSSR count). The highest BCUT2D eigenvalue weighted by Crippen LogP contribution is 2.30. The molecular weight excluding hydrogens is 580 g/mol. The van der Waals surface area contributed by atoms with Crippen LogP contribution in [0.25, 0.3) is 0 Å². The van der Waals surface area contributed by atoms with Crippen LogP contribution in [0.3, 0.4) is 0 Å². The van der Waals surface area contributed by atoms with Gasteiger partial charge in [0.15, 0.2) is 5.82 Å². The maximum atomic E-state index is 13.6. The second kappa shape index (κ2) is 12.1. The Hall–Kier alpha value is -5.19. The van der Waals surface area contributed by atoms with Gasteiger partial charge in [0, 0.05) is 18.2 Å². The van der Waals surface area contributed by atoms with Crippen LogP contribution in [-0.2, 0) is 10.0 Å². The molecule has 0 aliphatic heterocycles. The Morgan fingerprint density at radius 3 is 2.24 bits per heavy atom. The molecule has 0 saturated heterocycles. The maximum absolute atomic E-state index is 13.6. The van der Waals surface area contributed by atoms with Crippen molar-refractivity contribution >= 4 is 32.9 Å². The van der Waals surface area contributed by atoms with Gasteiger partial charge in [-0.1, -0.05) is 46.5 Å². The lowest BCUT2D eigenvalue weighted by Gasteiger charge is -2.24. The summed E-state index contributed by atoms with van der Waals surface area (Å²) in [5, 5.41) is 15.2. The van der Waals surface area contributed by atoms with Crippen molar-refractivity contribution in [1.82, 2.24) is 10.1 Å². The van der Waals surface area contributed by atoms with Gasteiger partial charge in [-0.05, 0) is 62.4 Å². The van der Waals surface area contributed by atoms with Crippen LogP contribution in [0.15, 0.2) is 101 Å². The van der Waals surface area contributed by atoms with Crippen molar-refractivity contribution in [3.63, 3.8) is 0 Å². The quantitative estimate of drug-likeness (QED) is 0.104. The van der Waals surface area contributed by atoms with Crippen molar-refractivity contribution in [3.8, 4) is 34.3 Å². The van der Waals surface area contributed by atoms with Crippen molar-refractivity contribution in [2.24, 2.45) is 0 Å². The summed E-state index contributed by atoms with van der Waals surface area (Å²) in [7, 11) is -4.21. The topological polar surface area (TPSA) is 138 Å². The number of anilines is 1. The predicted octanol–water partition coefficient (Wildman–Crippen LogP) is 6.57. The van der Waals surface area contributed by atoms with Gasteiger partial charge in [-0.25, -0.2) is 17.7 Å². The minimum atomic E-state index is -4.21. The number of nitro benzene ring substituents is 1. The summed E-state index contributed by atoms with van der Waals surface area (Å²) in [5.74, 6) is 8.23. The Morgan fingerprint density at radius 2 is 1.62 bits per heavy atom. The molecule has 3 aromatic carbocycles. The number of ether oxygens (including phenoxy) is 2. The molecule has 212 valence electrons. The maximum Gasteiger partial charge on any atom is 0.279 e. The SMILES string of the molecule is Cc1cc(N(C(C)C#Cc2cnc(Oc3ccc(Oc4ccccc4)cc3)s2)S(=O)(=O)c2ccc([N+](=O)[O-])cc2)no1. The van der Waals surface area contributed by atoms with Crippen molar-refractivity contribution in [2.75, 3.05) is 4.31 Å². The van der Waals surface area contributed by atoms with Crippen molar-refractivity contribution < 1.29 is 27.3 Å². The van der Waals surface area contributed by atoms with E-state index in [1.54, 1.807) is 38.1 Å². The van der Waals surface area contributed by atoms with E-state index in [1.807, 2.05) is 30.3 Å². The largest absolute Gasteiger partial charge is 0.457 e. The summed E-state index contributed by atoms with van der Waals surface area (Å²) in [5.41, 5.74) is -0.231. The van der Waals surface area contributed by atoms with Gasteiger partial charge in [-0.3, -0.25) is 10.1 Å². The van der Waals surface area contributed by atoms with Crippen LogP contribution in [0.5, 0.6) is 22.4 Å². The molecule has 1 atom stereocenters. The van der Waals surface area contributed by atoms with Gasteiger partial charge in [0.2, 0.25) is 0 Å². The average molecular weight is 603 g/mol. The van der Waals surface area contributed by atoms with E-state index in [0.29, 0.717) is 27.3 Å². The highest BCUT2D eigenvalue weighted by Gasteiger charge is 2.31. The molecule has 42 heavy (non-hydrogen) atoms. The third-order valence-corrected chi connectivity index (χ3v) is 8.37. The number of hydrogen-bond acceptors (Lipinski definition) is 10. The van der Waals surface area contributed by atoms with E-state index in [9.17, 15) is 18.5 Å². The van der Waals surface area contributed by atoms with Crippen LogP contribution in [0.2, 0.25) is 0 Å². The second-order valence-corrected chi connectivity index (χ2v) is 11.6. The van der Waals surface area contributed by atoms with Gasteiger partial charge in [0.05, 0.1) is 16.0 Å². The van der Waals surface area contributed by atoms with Crippen LogP contribution < -0.4 is 13.8 Å². The molecule has 5 aromatic rings. The molecular formula is C29H22N4O7S2.